The van der Waals surface area contributed by atoms with Gasteiger partial charge in [-0.1, -0.05) is 23.4 Å². The van der Waals surface area contributed by atoms with Crippen LogP contribution in [0, 0.1) is 13.8 Å². The molecule has 5 nitrogen and oxygen atoms in total. The number of anilines is 1. The highest BCUT2D eigenvalue weighted by Gasteiger charge is 2.33. The van der Waals surface area contributed by atoms with E-state index in [1.54, 1.807) is 18.9 Å². The lowest BCUT2D eigenvalue weighted by molar-refractivity contribution is -0.119. The van der Waals surface area contributed by atoms with E-state index in [9.17, 15) is 4.79 Å². The van der Waals surface area contributed by atoms with Crippen LogP contribution in [0.3, 0.4) is 0 Å². The molecule has 1 aromatic heterocycles. The molecule has 3 rings (SSSR count). The Morgan fingerprint density at radius 3 is 2.80 bits per heavy atom. The molecule has 104 valence electrons. The van der Waals surface area contributed by atoms with Crippen molar-refractivity contribution in [2.75, 3.05) is 18.6 Å². The Bertz CT molecular complexity index is 643. The molecule has 1 aliphatic rings. The second-order valence-electron chi connectivity index (χ2n) is 4.97. The zero-order chi connectivity index (χ0) is 14.3. The molecular weight excluding hydrogens is 256 g/mol. The van der Waals surface area contributed by atoms with E-state index < -0.39 is 0 Å². The van der Waals surface area contributed by atoms with Crippen molar-refractivity contribution in [3.63, 3.8) is 0 Å². The Hall–Kier alpha value is -2.30. The van der Waals surface area contributed by atoms with E-state index in [1.807, 2.05) is 31.2 Å². The number of amides is 1. The molecule has 0 fully saturated rings. The molecule has 2 aromatic rings. The van der Waals surface area contributed by atoms with Gasteiger partial charge in [-0.05, 0) is 19.9 Å². The number of likely N-dealkylation sites (N-methyl/N-ethyl adjacent to an activating group) is 1. The van der Waals surface area contributed by atoms with Crippen LogP contribution < -0.4 is 9.64 Å². The van der Waals surface area contributed by atoms with Gasteiger partial charge in [0.05, 0.1) is 0 Å². The van der Waals surface area contributed by atoms with E-state index in [0.717, 1.165) is 17.0 Å². The van der Waals surface area contributed by atoms with Crippen LogP contribution in [0.25, 0.3) is 0 Å². The summed E-state index contributed by atoms with van der Waals surface area (Å²) in [5, 5.41) is 3.89. The van der Waals surface area contributed by atoms with Gasteiger partial charge in [0.1, 0.15) is 29.7 Å². The maximum absolute atomic E-state index is 12.7. The van der Waals surface area contributed by atoms with Crippen LogP contribution in [-0.4, -0.2) is 24.7 Å². The molecular formula is C15H16N2O3. The second-order valence-corrected chi connectivity index (χ2v) is 4.97. The van der Waals surface area contributed by atoms with Gasteiger partial charge in [0.2, 0.25) is 5.91 Å². The number of benzene rings is 1. The highest BCUT2D eigenvalue weighted by molar-refractivity contribution is 5.99. The highest BCUT2D eigenvalue weighted by atomic mass is 16.5. The zero-order valence-electron chi connectivity index (χ0n) is 11.7. The molecule has 1 aromatic carbocycles. The lowest BCUT2D eigenvalue weighted by Gasteiger charge is -2.20. The van der Waals surface area contributed by atoms with Crippen LogP contribution in [0.15, 0.2) is 28.8 Å². The van der Waals surface area contributed by atoms with Gasteiger partial charge < -0.3 is 14.2 Å². The van der Waals surface area contributed by atoms with Gasteiger partial charge in [-0.15, -0.1) is 0 Å². The van der Waals surface area contributed by atoms with Gasteiger partial charge in [0.15, 0.2) is 5.76 Å². The van der Waals surface area contributed by atoms with Crippen LogP contribution in [0.4, 0.5) is 5.69 Å². The van der Waals surface area contributed by atoms with E-state index in [2.05, 4.69) is 5.16 Å². The summed E-state index contributed by atoms with van der Waals surface area (Å²) in [4.78, 5) is 14.3. The molecule has 0 saturated carbocycles. The number of rotatable bonds is 2. The number of para-hydroxylation sites is 1. The van der Waals surface area contributed by atoms with Crippen molar-refractivity contribution in [2.45, 2.75) is 19.8 Å². The minimum absolute atomic E-state index is 0.00986. The summed E-state index contributed by atoms with van der Waals surface area (Å²) in [5.41, 5.74) is 2.39. The summed E-state index contributed by atoms with van der Waals surface area (Å²) in [6.07, 6.45) is 0. The van der Waals surface area contributed by atoms with Crippen molar-refractivity contribution in [1.29, 1.82) is 0 Å². The van der Waals surface area contributed by atoms with Crippen LogP contribution in [0.1, 0.15) is 22.9 Å². The van der Waals surface area contributed by atoms with E-state index in [1.165, 1.54) is 0 Å². The third kappa shape index (κ3) is 1.86. The smallest absolute Gasteiger partial charge is 0.238 e. The van der Waals surface area contributed by atoms with Crippen LogP contribution >= 0.6 is 0 Å². The Balaban J connectivity index is 1.91. The van der Waals surface area contributed by atoms with Gasteiger partial charge >= 0.3 is 0 Å². The molecule has 1 amide bonds. The van der Waals surface area contributed by atoms with E-state index >= 15 is 0 Å². The largest absolute Gasteiger partial charge is 0.492 e. The molecule has 0 bridgehead atoms. The molecule has 2 heterocycles. The fourth-order valence-corrected chi connectivity index (χ4v) is 2.67. The first-order chi connectivity index (χ1) is 9.59. The normalized spacial score (nSPS) is 16.6. The van der Waals surface area contributed by atoms with Gasteiger partial charge in [0.25, 0.3) is 0 Å². The summed E-state index contributed by atoms with van der Waals surface area (Å²) in [7, 11) is 1.75. The maximum Gasteiger partial charge on any atom is 0.238 e. The molecule has 0 N–H and O–H groups in total. The molecule has 1 aliphatic heterocycles. The van der Waals surface area contributed by atoms with E-state index in [-0.39, 0.29) is 11.8 Å². The topological polar surface area (TPSA) is 55.6 Å². The van der Waals surface area contributed by atoms with Crippen LogP contribution in [-0.2, 0) is 4.79 Å². The fourth-order valence-electron chi connectivity index (χ4n) is 2.67. The standard InChI is InChI=1S/C15H16N2O3/c1-9-14(10(2)20-16-9)17(3)15(18)12-8-19-13-7-5-4-6-11(12)13/h4-7,12H,8H2,1-3H3. The molecule has 1 unspecified atom stereocenters. The molecule has 0 aliphatic carbocycles. The predicted molar refractivity (Wildman–Crippen MR) is 74.1 cm³/mol. The van der Waals surface area contributed by atoms with E-state index in [0.29, 0.717) is 18.1 Å². The second kappa shape index (κ2) is 4.67. The van der Waals surface area contributed by atoms with Crippen LogP contribution in [0.5, 0.6) is 5.75 Å². The zero-order valence-corrected chi connectivity index (χ0v) is 11.7. The number of fused-ring (bicyclic) bond motifs is 1. The summed E-state index contributed by atoms with van der Waals surface area (Å²) in [6, 6.07) is 7.65. The Morgan fingerprint density at radius 2 is 2.10 bits per heavy atom. The number of aryl methyl sites for hydroxylation is 2. The third-order valence-corrected chi connectivity index (χ3v) is 3.66. The molecule has 0 radical (unpaired) electrons. The molecule has 1 atom stereocenters. The minimum Gasteiger partial charge on any atom is -0.492 e. The first kappa shape index (κ1) is 12.7. The number of nitrogens with zero attached hydrogens (tertiary/aromatic N) is 2. The SMILES string of the molecule is Cc1noc(C)c1N(C)C(=O)C1COc2ccccc21. The first-order valence-corrected chi connectivity index (χ1v) is 6.51. The molecule has 5 heteroatoms. The van der Waals surface area contributed by atoms with Gasteiger partial charge in [-0.25, -0.2) is 0 Å². The maximum atomic E-state index is 12.7. The quantitative estimate of drug-likeness (QED) is 0.842. The number of ether oxygens (including phenoxy) is 1. The molecule has 20 heavy (non-hydrogen) atoms. The fraction of sp³-hybridized carbons (Fsp3) is 0.333. The van der Waals surface area contributed by atoms with Crippen molar-refractivity contribution >= 4 is 11.6 Å². The lowest BCUT2D eigenvalue weighted by Crippen LogP contribution is -2.33. The molecule has 0 spiro atoms. The van der Waals surface area contributed by atoms with Gasteiger partial charge in [-0.2, -0.15) is 0 Å². The number of hydrogen-bond acceptors (Lipinski definition) is 4. The van der Waals surface area contributed by atoms with Crippen molar-refractivity contribution in [2.24, 2.45) is 0 Å². The Kier molecular flexibility index (Phi) is 2.97. The number of carbonyl (C=O) groups is 1. The third-order valence-electron chi connectivity index (χ3n) is 3.66. The number of hydrogen-bond donors (Lipinski definition) is 0. The van der Waals surface area contributed by atoms with Crippen molar-refractivity contribution in [3.8, 4) is 5.75 Å². The lowest BCUT2D eigenvalue weighted by atomic mass is 10.00. The first-order valence-electron chi connectivity index (χ1n) is 6.51. The van der Waals surface area contributed by atoms with Crippen molar-refractivity contribution in [3.05, 3.63) is 41.3 Å². The average molecular weight is 272 g/mol. The minimum atomic E-state index is -0.273. The van der Waals surface area contributed by atoms with Gasteiger partial charge in [-0.3, -0.25) is 4.79 Å². The van der Waals surface area contributed by atoms with Crippen LogP contribution in [0.2, 0.25) is 0 Å². The van der Waals surface area contributed by atoms with Gasteiger partial charge in [0, 0.05) is 12.6 Å². The predicted octanol–water partition coefficient (Wildman–Crippen LogP) is 2.43. The average Bonchev–Trinajstić information content (AvgIpc) is 3.01. The number of aromatic nitrogens is 1. The highest BCUT2D eigenvalue weighted by Crippen LogP contribution is 2.36. The van der Waals surface area contributed by atoms with Crippen molar-refractivity contribution < 1.29 is 14.1 Å². The monoisotopic (exact) mass is 272 g/mol. The van der Waals surface area contributed by atoms with E-state index in [4.69, 9.17) is 9.26 Å². The number of carbonyl (C=O) groups excluding carboxylic acids is 1. The summed E-state index contributed by atoms with van der Waals surface area (Å²) in [6.45, 7) is 4.01. The van der Waals surface area contributed by atoms with Crippen molar-refractivity contribution in [1.82, 2.24) is 5.16 Å². The Labute approximate surface area is 117 Å². The summed E-state index contributed by atoms with van der Waals surface area (Å²) in [5.74, 6) is 1.15. The molecule has 0 saturated heterocycles. The summed E-state index contributed by atoms with van der Waals surface area (Å²) >= 11 is 0. The Morgan fingerprint density at radius 1 is 1.35 bits per heavy atom. The summed E-state index contributed by atoms with van der Waals surface area (Å²) < 4.78 is 10.7.